The van der Waals surface area contributed by atoms with Crippen LogP contribution in [0.4, 0.5) is 11.5 Å². The zero-order valence-electron chi connectivity index (χ0n) is 19.2. The van der Waals surface area contributed by atoms with Crippen molar-refractivity contribution in [1.29, 1.82) is 0 Å². The molecule has 1 atom stereocenters. The highest BCUT2D eigenvalue weighted by atomic mass is 16.2. The minimum absolute atomic E-state index is 0.0876. The van der Waals surface area contributed by atoms with Crippen LogP contribution in [-0.2, 0) is 9.59 Å². The average Bonchev–Trinajstić information content (AvgIpc) is 2.78. The number of piperazine rings is 1. The van der Waals surface area contributed by atoms with E-state index in [-0.39, 0.29) is 30.7 Å². The second-order valence-corrected chi connectivity index (χ2v) is 8.38. The Bertz CT molecular complexity index is 922. The topological polar surface area (TPSA) is 77.6 Å². The fourth-order valence-electron chi connectivity index (χ4n) is 3.81. The molecule has 2 N–H and O–H groups in total. The van der Waals surface area contributed by atoms with E-state index >= 15 is 0 Å². The van der Waals surface area contributed by atoms with Gasteiger partial charge in [0.1, 0.15) is 5.82 Å². The first-order valence-corrected chi connectivity index (χ1v) is 11.4. The Kier molecular flexibility index (Phi) is 7.85. The minimum atomic E-state index is -0.158. The number of pyridine rings is 1. The number of benzene rings is 1. The van der Waals surface area contributed by atoms with Gasteiger partial charge in [-0.2, -0.15) is 0 Å². The van der Waals surface area contributed by atoms with Crippen molar-refractivity contribution in [3.8, 4) is 0 Å². The molecule has 0 radical (unpaired) electrons. The SMILES string of the molecule is CCC(C)NC(=O)CCC(=O)Nc1ccc2nc(N3CCN(CC)CC3)cc(C)c2c1. The summed E-state index contributed by atoms with van der Waals surface area (Å²) in [5.74, 6) is 0.773. The molecule has 0 saturated carbocycles. The summed E-state index contributed by atoms with van der Waals surface area (Å²) in [5, 5.41) is 6.83. The van der Waals surface area contributed by atoms with Crippen LogP contribution in [0.25, 0.3) is 10.9 Å². The summed E-state index contributed by atoms with van der Waals surface area (Å²) in [6.07, 6.45) is 1.23. The smallest absolute Gasteiger partial charge is 0.224 e. The Hall–Kier alpha value is -2.67. The monoisotopic (exact) mass is 425 g/mol. The molecule has 0 bridgehead atoms. The predicted octanol–water partition coefficient (Wildman–Crippen LogP) is 3.32. The molecule has 1 aliphatic heterocycles. The van der Waals surface area contributed by atoms with Crippen molar-refractivity contribution in [2.24, 2.45) is 0 Å². The van der Waals surface area contributed by atoms with E-state index in [1.165, 1.54) is 0 Å². The van der Waals surface area contributed by atoms with Gasteiger partial charge in [0.05, 0.1) is 5.52 Å². The summed E-state index contributed by atoms with van der Waals surface area (Å²) in [6, 6.07) is 8.07. The number of amides is 2. The fraction of sp³-hybridized carbons (Fsp3) is 0.542. The van der Waals surface area contributed by atoms with Gasteiger partial charge < -0.3 is 20.4 Å². The van der Waals surface area contributed by atoms with E-state index in [2.05, 4.69) is 40.3 Å². The molecule has 0 spiro atoms. The van der Waals surface area contributed by atoms with Gasteiger partial charge in [0.2, 0.25) is 11.8 Å². The number of fused-ring (bicyclic) bond motifs is 1. The van der Waals surface area contributed by atoms with Gasteiger partial charge in [-0.1, -0.05) is 13.8 Å². The molecule has 1 saturated heterocycles. The van der Waals surface area contributed by atoms with E-state index in [0.717, 1.165) is 67.1 Å². The third-order valence-electron chi connectivity index (χ3n) is 6.03. The standard InChI is InChI=1S/C24H35N5O2/c1-5-18(4)25-23(30)9-10-24(31)26-19-7-8-21-20(16-19)17(3)15-22(27-21)29-13-11-28(6-2)12-14-29/h7-8,15-16,18H,5-6,9-14H2,1-4H3,(H,25,30)(H,26,31). The Morgan fingerprint density at radius 3 is 2.45 bits per heavy atom. The summed E-state index contributed by atoms with van der Waals surface area (Å²) in [5.41, 5.74) is 2.80. The first-order valence-electron chi connectivity index (χ1n) is 11.4. The van der Waals surface area contributed by atoms with Crippen LogP contribution >= 0.6 is 0 Å². The van der Waals surface area contributed by atoms with Gasteiger partial charge >= 0.3 is 0 Å². The number of anilines is 2. The molecule has 1 fully saturated rings. The zero-order valence-corrected chi connectivity index (χ0v) is 19.2. The van der Waals surface area contributed by atoms with Crippen molar-refractivity contribution in [3.63, 3.8) is 0 Å². The normalized spacial score (nSPS) is 15.7. The van der Waals surface area contributed by atoms with E-state index in [0.29, 0.717) is 0 Å². The number of nitrogens with zero attached hydrogens (tertiary/aromatic N) is 3. The molecule has 2 amide bonds. The van der Waals surface area contributed by atoms with Gasteiger partial charge in [-0.15, -0.1) is 0 Å². The van der Waals surface area contributed by atoms with Crippen molar-refractivity contribution < 1.29 is 9.59 Å². The van der Waals surface area contributed by atoms with Crippen molar-refractivity contribution in [2.75, 3.05) is 42.9 Å². The van der Waals surface area contributed by atoms with Crippen molar-refractivity contribution in [2.45, 2.75) is 53.0 Å². The molecule has 1 aliphatic rings. The number of aromatic nitrogens is 1. The summed E-state index contributed by atoms with van der Waals surface area (Å²) < 4.78 is 0. The first kappa shape index (κ1) is 23.0. The van der Waals surface area contributed by atoms with E-state index in [4.69, 9.17) is 4.98 Å². The number of aryl methyl sites for hydroxylation is 1. The van der Waals surface area contributed by atoms with Crippen LogP contribution in [0.3, 0.4) is 0 Å². The van der Waals surface area contributed by atoms with Crippen LogP contribution in [0.5, 0.6) is 0 Å². The molecule has 7 nitrogen and oxygen atoms in total. The first-order chi connectivity index (χ1) is 14.9. The lowest BCUT2D eigenvalue weighted by Crippen LogP contribution is -2.46. The Morgan fingerprint density at radius 1 is 1.06 bits per heavy atom. The summed E-state index contributed by atoms with van der Waals surface area (Å²) in [7, 11) is 0. The molecule has 1 unspecified atom stereocenters. The maximum atomic E-state index is 12.3. The quantitative estimate of drug-likeness (QED) is 0.678. The van der Waals surface area contributed by atoms with E-state index in [1.54, 1.807) is 0 Å². The molecule has 7 heteroatoms. The number of likely N-dealkylation sites (N-methyl/N-ethyl adjacent to an activating group) is 1. The van der Waals surface area contributed by atoms with Gasteiger partial charge in [0, 0.05) is 56.1 Å². The van der Waals surface area contributed by atoms with E-state index in [9.17, 15) is 9.59 Å². The zero-order chi connectivity index (χ0) is 22.4. The van der Waals surface area contributed by atoms with Crippen molar-refractivity contribution in [1.82, 2.24) is 15.2 Å². The summed E-state index contributed by atoms with van der Waals surface area (Å²) in [6.45, 7) is 13.5. The number of hydrogen-bond donors (Lipinski definition) is 2. The summed E-state index contributed by atoms with van der Waals surface area (Å²) >= 11 is 0. The number of carbonyl (C=O) groups excluding carboxylic acids is 2. The summed E-state index contributed by atoms with van der Waals surface area (Å²) in [4.78, 5) is 33.8. The minimum Gasteiger partial charge on any atom is -0.354 e. The van der Waals surface area contributed by atoms with E-state index < -0.39 is 0 Å². The molecule has 31 heavy (non-hydrogen) atoms. The largest absolute Gasteiger partial charge is 0.354 e. The highest BCUT2D eigenvalue weighted by molar-refractivity contribution is 5.96. The lowest BCUT2D eigenvalue weighted by atomic mass is 10.1. The van der Waals surface area contributed by atoms with Crippen LogP contribution in [0.1, 0.15) is 45.6 Å². The van der Waals surface area contributed by atoms with E-state index in [1.807, 2.05) is 32.0 Å². The number of carbonyl (C=O) groups is 2. The number of rotatable bonds is 8. The molecule has 2 aromatic rings. The molecule has 2 heterocycles. The highest BCUT2D eigenvalue weighted by Crippen LogP contribution is 2.26. The van der Waals surface area contributed by atoms with Gasteiger partial charge in [-0.05, 0) is 56.6 Å². The second-order valence-electron chi connectivity index (χ2n) is 8.38. The van der Waals surface area contributed by atoms with Crippen LogP contribution in [0.2, 0.25) is 0 Å². The van der Waals surface area contributed by atoms with Gasteiger partial charge in [0.15, 0.2) is 0 Å². The van der Waals surface area contributed by atoms with Crippen molar-refractivity contribution >= 4 is 34.2 Å². The maximum Gasteiger partial charge on any atom is 0.224 e. The molecule has 1 aromatic heterocycles. The maximum absolute atomic E-state index is 12.3. The fourth-order valence-corrected chi connectivity index (χ4v) is 3.81. The molecule has 168 valence electrons. The Balaban J connectivity index is 1.63. The molecular weight excluding hydrogens is 390 g/mol. The lowest BCUT2D eigenvalue weighted by molar-refractivity contribution is -0.124. The predicted molar refractivity (Wildman–Crippen MR) is 127 cm³/mol. The van der Waals surface area contributed by atoms with Gasteiger partial charge in [-0.25, -0.2) is 4.98 Å². The molecule has 3 rings (SSSR count). The second kappa shape index (κ2) is 10.6. The van der Waals surface area contributed by atoms with Gasteiger partial charge in [0.25, 0.3) is 0 Å². The molecule has 1 aromatic carbocycles. The number of hydrogen-bond acceptors (Lipinski definition) is 5. The Morgan fingerprint density at radius 2 is 1.77 bits per heavy atom. The number of nitrogens with one attached hydrogen (secondary N) is 2. The highest BCUT2D eigenvalue weighted by Gasteiger charge is 2.18. The third-order valence-corrected chi connectivity index (χ3v) is 6.03. The van der Waals surface area contributed by atoms with Gasteiger partial charge in [-0.3, -0.25) is 9.59 Å². The van der Waals surface area contributed by atoms with Crippen LogP contribution < -0.4 is 15.5 Å². The third kappa shape index (κ3) is 6.17. The van der Waals surface area contributed by atoms with Crippen LogP contribution in [0.15, 0.2) is 24.3 Å². The van der Waals surface area contributed by atoms with Crippen LogP contribution in [0, 0.1) is 6.92 Å². The molecular formula is C24H35N5O2. The Labute approximate surface area is 185 Å². The lowest BCUT2D eigenvalue weighted by Gasteiger charge is -2.35. The van der Waals surface area contributed by atoms with Crippen molar-refractivity contribution in [3.05, 3.63) is 29.8 Å². The average molecular weight is 426 g/mol. The molecule has 0 aliphatic carbocycles. The van der Waals surface area contributed by atoms with Crippen LogP contribution in [-0.4, -0.2) is 60.5 Å².